The molecule has 0 aromatic heterocycles. The summed E-state index contributed by atoms with van der Waals surface area (Å²) in [6.45, 7) is 9.25. The topological polar surface area (TPSA) is 30.5 Å². The molecule has 1 aliphatic heterocycles. The Bertz CT molecular complexity index is 1040. The smallest absolute Gasteiger partial charge is 1.00 e. The van der Waals surface area contributed by atoms with E-state index in [1.807, 2.05) is 0 Å². The summed E-state index contributed by atoms with van der Waals surface area (Å²) in [5, 5.41) is 7.01. The monoisotopic (exact) mass is 637 g/mol. The van der Waals surface area contributed by atoms with Crippen LogP contribution in [-0.4, -0.2) is 82.4 Å². The van der Waals surface area contributed by atoms with E-state index >= 15 is 0 Å². The average Bonchev–Trinajstić information content (AvgIpc) is 3.03. The van der Waals surface area contributed by atoms with E-state index < -0.39 is 6.15 Å². The molecule has 4 aromatic carbocycles. The Labute approximate surface area is 277 Å². The zero-order chi connectivity index (χ0) is 28.6. The first-order valence-electron chi connectivity index (χ1n) is 15.4. The Morgan fingerprint density at radius 3 is 1.00 bits per heavy atom. The van der Waals surface area contributed by atoms with Gasteiger partial charge >= 0.3 is 17.1 Å². The second-order valence-electron chi connectivity index (χ2n) is 11.3. The number of halogens is 1. The summed E-state index contributed by atoms with van der Waals surface area (Å²) < 4.78 is 0. The fourth-order valence-electron chi connectivity index (χ4n) is 6.08. The SMILES string of the molecule is CN1CCCNCCN(C)CCCNCC1.[Cl-].[Mn+2].c1ccc([B-](c2ccccc2)(c2ccccc2)c2ccccc2)cc1. The maximum Gasteiger partial charge on any atom is 2.00 e. The summed E-state index contributed by atoms with van der Waals surface area (Å²) in [5.74, 6) is 0. The van der Waals surface area contributed by atoms with Gasteiger partial charge in [-0.05, 0) is 53.1 Å². The third-order valence-electron chi connectivity index (χ3n) is 8.33. The summed E-state index contributed by atoms with van der Waals surface area (Å²) in [7, 11) is 4.42. The molecule has 5 rings (SSSR count). The Morgan fingerprint density at radius 1 is 0.442 bits per heavy atom. The standard InChI is InChI=1S/C24H20B.C12H28N4.ClH.Mn/c1-5-13-21(14-6-1)25(22-15-7-2-8-16-22,23-17-9-3-10-18-23)24-19-11-4-12-20-24;1-15-9-3-5-14-8-12-16(2)10-4-6-13-7-11-15;;/h1-20H;13-14H,3-12H2,1-2H3;1H;/q-1;;;+2/p-1. The van der Waals surface area contributed by atoms with Crippen LogP contribution < -0.4 is 44.9 Å². The Balaban J connectivity index is 0.000000315. The molecule has 0 amide bonds. The van der Waals surface area contributed by atoms with Gasteiger partial charge in [-0.15, -0.1) is 0 Å². The summed E-state index contributed by atoms with van der Waals surface area (Å²) >= 11 is 0. The molecule has 0 bridgehead atoms. The minimum Gasteiger partial charge on any atom is -1.00 e. The molecular weight excluding hydrogens is 590 g/mol. The van der Waals surface area contributed by atoms with Crippen molar-refractivity contribution in [1.82, 2.24) is 20.4 Å². The summed E-state index contributed by atoms with van der Waals surface area (Å²) in [6, 6.07) is 43.5. The third kappa shape index (κ3) is 10.9. The van der Waals surface area contributed by atoms with E-state index in [1.54, 1.807) is 0 Å². The quantitative estimate of drug-likeness (QED) is 0.306. The molecule has 0 aliphatic carbocycles. The molecule has 43 heavy (non-hydrogen) atoms. The van der Waals surface area contributed by atoms with Crippen LogP contribution in [0.3, 0.4) is 0 Å². The molecule has 0 saturated carbocycles. The molecular formula is C36H48BClMnN4. The van der Waals surface area contributed by atoms with Gasteiger partial charge in [0, 0.05) is 26.2 Å². The van der Waals surface area contributed by atoms with Crippen LogP contribution in [0.15, 0.2) is 121 Å². The van der Waals surface area contributed by atoms with Gasteiger partial charge in [-0.2, -0.15) is 21.9 Å². The maximum absolute atomic E-state index is 3.51. The van der Waals surface area contributed by atoms with Crippen LogP contribution in [0.25, 0.3) is 0 Å². The molecule has 1 heterocycles. The van der Waals surface area contributed by atoms with E-state index in [0.717, 1.165) is 39.3 Å². The molecule has 229 valence electrons. The first-order valence-corrected chi connectivity index (χ1v) is 15.4. The number of nitrogens with zero attached hydrogens (tertiary/aromatic N) is 2. The third-order valence-corrected chi connectivity index (χ3v) is 8.33. The number of benzene rings is 4. The van der Waals surface area contributed by atoms with Crippen molar-refractivity contribution in [3.8, 4) is 0 Å². The molecule has 4 aromatic rings. The Hall–Kier alpha value is -2.41. The normalized spacial score (nSPS) is 15.9. The van der Waals surface area contributed by atoms with Crippen LogP contribution >= 0.6 is 0 Å². The van der Waals surface area contributed by atoms with Crippen molar-refractivity contribution >= 4 is 28.0 Å². The van der Waals surface area contributed by atoms with Gasteiger partial charge in [0.05, 0.1) is 0 Å². The maximum atomic E-state index is 3.51. The molecule has 4 nitrogen and oxygen atoms in total. The molecule has 1 saturated heterocycles. The first kappa shape index (κ1) is 36.8. The molecule has 0 atom stereocenters. The second-order valence-corrected chi connectivity index (χ2v) is 11.3. The van der Waals surface area contributed by atoms with Gasteiger partial charge in [0.2, 0.25) is 0 Å². The molecule has 0 spiro atoms. The fraction of sp³-hybridized carbons (Fsp3) is 0.333. The summed E-state index contributed by atoms with van der Waals surface area (Å²) in [6.07, 6.45) is 1.28. The largest absolute Gasteiger partial charge is 2.00 e. The van der Waals surface area contributed by atoms with Gasteiger partial charge in [-0.1, -0.05) is 121 Å². The van der Waals surface area contributed by atoms with Crippen LogP contribution in [0.4, 0.5) is 0 Å². The van der Waals surface area contributed by atoms with Gasteiger partial charge in [0.15, 0.2) is 0 Å². The number of hydrogen-bond acceptors (Lipinski definition) is 4. The molecule has 2 N–H and O–H groups in total. The minimum absolute atomic E-state index is 0. The fourth-order valence-corrected chi connectivity index (χ4v) is 6.08. The summed E-state index contributed by atoms with van der Waals surface area (Å²) in [5.41, 5.74) is 5.36. The van der Waals surface area contributed by atoms with Crippen LogP contribution in [0.5, 0.6) is 0 Å². The van der Waals surface area contributed by atoms with Gasteiger partial charge < -0.3 is 32.8 Å². The summed E-state index contributed by atoms with van der Waals surface area (Å²) in [4.78, 5) is 4.82. The van der Waals surface area contributed by atoms with Crippen LogP contribution in [0.2, 0.25) is 0 Å². The van der Waals surface area contributed by atoms with Gasteiger partial charge in [0.1, 0.15) is 6.15 Å². The van der Waals surface area contributed by atoms with Crippen LogP contribution in [0, 0.1) is 0 Å². The van der Waals surface area contributed by atoms with E-state index in [4.69, 9.17) is 0 Å². The average molecular weight is 638 g/mol. The molecule has 1 aliphatic rings. The van der Waals surface area contributed by atoms with Crippen LogP contribution in [-0.2, 0) is 17.1 Å². The van der Waals surface area contributed by atoms with Crippen LogP contribution in [0.1, 0.15) is 12.8 Å². The van der Waals surface area contributed by atoms with E-state index in [1.165, 1.54) is 47.8 Å². The molecule has 7 heteroatoms. The van der Waals surface area contributed by atoms with Crippen molar-refractivity contribution in [2.24, 2.45) is 0 Å². The number of nitrogens with one attached hydrogen (secondary N) is 2. The zero-order valence-electron chi connectivity index (χ0n) is 25.8. The number of hydrogen-bond donors (Lipinski definition) is 2. The van der Waals surface area contributed by atoms with Gasteiger partial charge in [-0.3, -0.25) is 0 Å². The molecule has 1 radical (unpaired) electrons. The van der Waals surface area contributed by atoms with E-state index in [0.29, 0.717) is 0 Å². The molecule has 0 unspecified atom stereocenters. The van der Waals surface area contributed by atoms with Gasteiger partial charge in [-0.25, -0.2) is 0 Å². The Kier molecular flexibility index (Phi) is 17.6. The van der Waals surface area contributed by atoms with Crippen molar-refractivity contribution in [1.29, 1.82) is 0 Å². The predicted octanol–water partition coefficient (Wildman–Crippen LogP) is -0.111. The zero-order valence-corrected chi connectivity index (χ0v) is 27.8. The van der Waals surface area contributed by atoms with Crippen molar-refractivity contribution in [2.45, 2.75) is 12.8 Å². The number of likely N-dealkylation sites (N-methyl/N-ethyl adjacent to an activating group) is 2. The Morgan fingerprint density at radius 2 is 0.721 bits per heavy atom. The van der Waals surface area contributed by atoms with Crippen molar-refractivity contribution < 1.29 is 29.5 Å². The van der Waals surface area contributed by atoms with Crippen molar-refractivity contribution in [2.75, 3.05) is 66.5 Å². The van der Waals surface area contributed by atoms with E-state index in [2.05, 4.69) is 156 Å². The minimum atomic E-state index is -1.22. The van der Waals surface area contributed by atoms with E-state index in [-0.39, 0.29) is 29.5 Å². The van der Waals surface area contributed by atoms with Crippen molar-refractivity contribution in [3.05, 3.63) is 121 Å². The van der Waals surface area contributed by atoms with E-state index in [9.17, 15) is 0 Å². The predicted molar refractivity (Wildman–Crippen MR) is 180 cm³/mol. The molecule has 1 fully saturated rings. The second kappa shape index (κ2) is 20.5. The first-order chi connectivity index (χ1) is 20.2. The number of rotatable bonds is 4. The van der Waals surface area contributed by atoms with Gasteiger partial charge in [0.25, 0.3) is 0 Å². The van der Waals surface area contributed by atoms with Crippen molar-refractivity contribution in [3.63, 3.8) is 0 Å².